The Labute approximate surface area is 125 Å². The molecule has 0 saturated carbocycles. The molecule has 2 aromatic rings. The second-order valence-electron chi connectivity index (χ2n) is 4.52. The Morgan fingerprint density at radius 2 is 1.90 bits per heavy atom. The normalized spacial score (nSPS) is 12.2. The van der Waals surface area contributed by atoms with E-state index < -0.39 is 0 Å². The Balaban J connectivity index is 2.43. The van der Waals surface area contributed by atoms with Gasteiger partial charge in [0.25, 0.3) is 0 Å². The predicted molar refractivity (Wildman–Crippen MR) is 84.6 cm³/mol. The lowest BCUT2D eigenvalue weighted by Gasteiger charge is -2.22. The van der Waals surface area contributed by atoms with Gasteiger partial charge in [0.05, 0.1) is 12.6 Å². The number of benzene rings is 2. The van der Waals surface area contributed by atoms with Crippen LogP contribution in [0.3, 0.4) is 0 Å². The molecule has 3 heteroatoms. The maximum absolute atomic E-state index is 6.12. The first-order valence-corrected chi connectivity index (χ1v) is 7.34. The fourth-order valence-electron chi connectivity index (χ4n) is 2.30. The van der Waals surface area contributed by atoms with Gasteiger partial charge >= 0.3 is 0 Å². The van der Waals surface area contributed by atoms with Crippen LogP contribution in [0.4, 0.5) is 0 Å². The molecule has 0 amide bonds. The van der Waals surface area contributed by atoms with Crippen molar-refractivity contribution < 1.29 is 4.74 Å². The Hall–Kier alpha value is -1.51. The van der Waals surface area contributed by atoms with Gasteiger partial charge in [-0.15, -0.1) is 0 Å². The number of ether oxygens (including phenoxy) is 1. The molecule has 2 aromatic carbocycles. The van der Waals surface area contributed by atoms with Crippen molar-refractivity contribution in [3.05, 3.63) is 64.7 Å². The van der Waals surface area contributed by atoms with E-state index >= 15 is 0 Å². The highest BCUT2D eigenvalue weighted by Crippen LogP contribution is 2.31. The number of halogens is 1. The van der Waals surface area contributed by atoms with Gasteiger partial charge in [0.1, 0.15) is 5.75 Å². The fraction of sp³-hybridized carbons (Fsp3) is 0.294. The summed E-state index contributed by atoms with van der Waals surface area (Å²) in [5, 5.41) is 4.25. The number of rotatable bonds is 6. The Morgan fingerprint density at radius 1 is 1.10 bits per heavy atom. The zero-order valence-electron chi connectivity index (χ0n) is 11.9. The average molecular weight is 290 g/mol. The SMILES string of the molecule is CCNC(c1cccc(Cl)c1)c1ccccc1OCC. The van der Waals surface area contributed by atoms with Crippen LogP contribution in [0.1, 0.15) is 31.0 Å². The lowest BCUT2D eigenvalue weighted by molar-refractivity contribution is 0.333. The first-order valence-electron chi connectivity index (χ1n) is 6.96. The molecule has 0 saturated heterocycles. The van der Waals surface area contributed by atoms with Crippen LogP contribution in [0.2, 0.25) is 5.02 Å². The molecule has 1 unspecified atom stereocenters. The Morgan fingerprint density at radius 3 is 2.60 bits per heavy atom. The molecule has 20 heavy (non-hydrogen) atoms. The summed E-state index contributed by atoms with van der Waals surface area (Å²) >= 11 is 6.12. The molecule has 0 bridgehead atoms. The van der Waals surface area contributed by atoms with Crippen molar-refractivity contribution in [2.75, 3.05) is 13.2 Å². The van der Waals surface area contributed by atoms with Gasteiger partial charge in [-0.05, 0) is 37.2 Å². The standard InChI is InChI=1S/C17H20ClNO/c1-3-19-17(13-8-7-9-14(18)12-13)15-10-5-6-11-16(15)20-4-2/h5-12,17,19H,3-4H2,1-2H3. The molecule has 1 N–H and O–H groups in total. The maximum atomic E-state index is 6.12. The third-order valence-corrected chi connectivity index (χ3v) is 3.36. The van der Waals surface area contributed by atoms with Crippen LogP contribution in [0.15, 0.2) is 48.5 Å². The van der Waals surface area contributed by atoms with Crippen molar-refractivity contribution in [3.63, 3.8) is 0 Å². The number of nitrogens with one attached hydrogen (secondary N) is 1. The molecule has 0 fully saturated rings. The second-order valence-corrected chi connectivity index (χ2v) is 4.95. The molecule has 0 heterocycles. The van der Waals surface area contributed by atoms with Gasteiger partial charge in [-0.3, -0.25) is 0 Å². The Kier molecular flexibility index (Phi) is 5.45. The first kappa shape index (κ1) is 14.9. The van der Waals surface area contributed by atoms with Crippen molar-refractivity contribution in [1.29, 1.82) is 0 Å². The smallest absolute Gasteiger partial charge is 0.124 e. The van der Waals surface area contributed by atoms with Gasteiger partial charge < -0.3 is 10.1 Å². The molecule has 0 spiro atoms. The molecule has 0 aliphatic carbocycles. The van der Waals surface area contributed by atoms with E-state index in [4.69, 9.17) is 16.3 Å². The molecule has 106 valence electrons. The van der Waals surface area contributed by atoms with Gasteiger partial charge in [0, 0.05) is 10.6 Å². The topological polar surface area (TPSA) is 21.3 Å². The molecular formula is C17H20ClNO. The van der Waals surface area contributed by atoms with E-state index in [1.165, 1.54) is 0 Å². The van der Waals surface area contributed by atoms with Gasteiger partial charge in [-0.1, -0.05) is 48.9 Å². The number of hydrogen-bond donors (Lipinski definition) is 1. The van der Waals surface area contributed by atoms with Crippen molar-refractivity contribution in [1.82, 2.24) is 5.32 Å². The van der Waals surface area contributed by atoms with Crippen molar-refractivity contribution in [2.45, 2.75) is 19.9 Å². The average Bonchev–Trinajstić information content (AvgIpc) is 2.46. The van der Waals surface area contributed by atoms with E-state index in [1.54, 1.807) is 0 Å². The number of para-hydroxylation sites is 1. The summed E-state index contributed by atoms with van der Waals surface area (Å²) in [5.41, 5.74) is 2.28. The molecule has 2 rings (SSSR count). The number of hydrogen-bond acceptors (Lipinski definition) is 2. The van der Waals surface area contributed by atoms with E-state index in [9.17, 15) is 0 Å². The van der Waals surface area contributed by atoms with E-state index in [1.807, 2.05) is 43.3 Å². The van der Waals surface area contributed by atoms with Gasteiger partial charge in [0.15, 0.2) is 0 Å². The van der Waals surface area contributed by atoms with Crippen LogP contribution in [0, 0.1) is 0 Å². The third kappa shape index (κ3) is 3.53. The summed E-state index contributed by atoms with van der Waals surface area (Å²) in [7, 11) is 0. The summed E-state index contributed by atoms with van der Waals surface area (Å²) in [6.07, 6.45) is 0. The third-order valence-electron chi connectivity index (χ3n) is 3.12. The lowest BCUT2D eigenvalue weighted by Crippen LogP contribution is -2.22. The van der Waals surface area contributed by atoms with E-state index in [2.05, 4.69) is 24.4 Å². The summed E-state index contributed by atoms with van der Waals surface area (Å²) in [4.78, 5) is 0. The minimum Gasteiger partial charge on any atom is -0.494 e. The second kappa shape index (κ2) is 7.32. The van der Waals surface area contributed by atoms with Crippen LogP contribution < -0.4 is 10.1 Å². The van der Waals surface area contributed by atoms with Crippen LogP contribution in [0.5, 0.6) is 5.75 Å². The summed E-state index contributed by atoms with van der Waals surface area (Å²) in [6.45, 7) is 5.63. The Bertz CT molecular complexity index is 556. The van der Waals surface area contributed by atoms with Gasteiger partial charge in [0.2, 0.25) is 0 Å². The molecule has 0 radical (unpaired) electrons. The summed E-state index contributed by atoms with van der Waals surface area (Å²) < 4.78 is 5.74. The minimum atomic E-state index is 0.0847. The van der Waals surface area contributed by atoms with E-state index in [0.29, 0.717) is 6.61 Å². The van der Waals surface area contributed by atoms with Crippen LogP contribution in [-0.4, -0.2) is 13.2 Å². The molecule has 0 aromatic heterocycles. The van der Waals surface area contributed by atoms with Crippen molar-refractivity contribution in [3.8, 4) is 5.75 Å². The monoisotopic (exact) mass is 289 g/mol. The highest BCUT2D eigenvalue weighted by molar-refractivity contribution is 6.30. The van der Waals surface area contributed by atoms with E-state index in [0.717, 1.165) is 28.4 Å². The lowest BCUT2D eigenvalue weighted by atomic mass is 9.98. The molecular weight excluding hydrogens is 270 g/mol. The largest absolute Gasteiger partial charge is 0.494 e. The molecule has 0 aliphatic heterocycles. The van der Waals surface area contributed by atoms with Crippen molar-refractivity contribution in [2.24, 2.45) is 0 Å². The van der Waals surface area contributed by atoms with Gasteiger partial charge in [-0.2, -0.15) is 0 Å². The predicted octanol–water partition coefficient (Wildman–Crippen LogP) is 4.44. The zero-order chi connectivity index (χ0) is 14.4. The van der Waals surface area contributed by atoms with Crippen LogP contribution in [-0.2, 0) is 0 Å². The van der Waals surface area contributed by atoms with E-state index in [-0.39, 0.29) is 6.04 Å². The highest BCUT2D eigenvalue weighted by atomic mass is 35.5. The summed E-state index contributed by atoms with van der Waals surface area (Å²) in [5.74, 6) is 0.918. The molecule has 2 nitrogen and oxygen atoms in total. The minimum absolute atomic E-state index is 0.0847. The first-order chi connectivity index (χ1) is 9.76. The fourth-order valence-corrected chi connectivity index (χ4v) is 2.50. The molecule has 0 aliphatic rings. The highest BCUT2D eigenvalue weighted by Gasteiger charge is 2.17. The maximum Gasteiger partial charge on any atom is 0.124 e. The van der Waals surface area contributed by atoms with Gasteiger partial charge in [-0.25, -0.2) is 0 Å². The van der Waals surface area contributed by atoms with Crippen LogP contribution >= 0.6 is 11.6 Å². The zero-order valence-corrected chi connectivity index (χ0v) is 12.7. The quantitative estimate of drug-likeness (QED) is 0.849. The summed E-state index contributed by atoms with van der Waals surface area (Å²) in [6, 6.07) is 16.2. The van der Waals surface area contributed by atoms with Crippen molar-refractivity contribution >= 4 is 11.6 Å². The molecule has 1 atom stereocenters. The van der Waals surface area contributed by atoms with Crippen LogP contribution in [0.25, 0.3) is 0 Å².